The molecular formula is C25H34F3N5O5. The van der Waals surface area contributed by atoms with E-state index in [2.05, 4.69) is 11.4 Å². The number of alkyl halides is 3. The van der Waals surface area contributed by atoms with E-state index in [0.29, 0.717) is 13.0 Å². The molecule has 0 aromatic rings. The van der Waals surface area contributed by atoms with E-state index in [4.69, 9.17) is 10.5 Å². The molecule has 0 bridgehead atoms. The first-order valence-corrected chi connectivity index (χ1v) is 13.0. The van der Waals surface area contributed by atoms with Gasteiger partial charge in [-0.05, 0) is 49.4 Å². The van der Waals surface area contributed by atoms with Gasteiger partial charge >= 0.3 is 12.1 Å². The predicted octanol–water partition coefficient (Wildman–Crippen LogP) is 0.855. The SMILES string of the molecule is CC1(C)C2CN(C(=O)[C@@H](NC(=O)C(F)(F)F)C3CCOCC3)C(C(N)=O)C21[C@@H](C#N)C[C@@H]1CCCNC1=O. The lowest BCUT2D eigenvalue weighted by atomic mass is 9.72. The van der Waals surface area contributed by atoms with Crippen LogP contribution in [-0.2, 0) is 23.9 Å². The fraction of sp³-hybridized carbons (Fsp3) is 0.800. The van der Waals surface area contributed by atoms with Gasteiger partial charge in [0.25, 0.3) is 0 Å². The number of nitriles is 1. The molecule has 3 heterocycles. The zero-order chi connectivity index (χ0) is 28.0. The number of nitrogens with two attached hydrogens (primary N) is 1. The maximum atomic E-state index is 13.8. The number of primary amides is 1. The number of hydrogen-bond donors (Lipinski definition) is 3. The van der Waals surface area contributed by atoms with Crippen LogP contribution in [0.2, 0.25) is 0 Å². The fourth-order valence-electron chi connectivity index (χ4n) is 7.44. The first kappa shape index (κ1) is 28.1. The molecule has 10 nitrogen and oxygen atoms in total. The fourth-order valence-corrected chi connectivity index (χ4v) is 7.44. The molecule has 3 unspecified atom stereocenters. The van der Waals surface area contributed by atoms with Crippen molar-refractivity contribution in [3.63, 3.8) is 0 Å². The molecular weight excluding hydrogens is 507 g/mol. The van der Waals surface area contributed by atoms with Gasteiger partial charge < -0.3 is 26.0 Å². The third-order valence-corrected chi connectivity index (χ3v) is 9.38. The number of carbonyl (C=O) groups excluding carboxylic acids is 4. The molecule has 210 valence electrons. The summed E-state index contributed by atoms with van der Waals surface area (Å²) in [7, 11) is 0. The Morgan fingerprint density at radius 1 is 1.26 bits per heavy atom. The van der Waals surface area contributed by atoms with E-state index in [1.54, 1.807) is 0 Å². The van der Waals surface area contributed by atoms with Crippen molar-refractivity contribution in [1.82, 2.24) is 15.5 Å². The number of amides is 4. The molecule has 13 heteroatoms. The van der Waals surface area contributed by atoms with E-state index in [-0.39, 0.29) is 50.8 Å². The number of hydrogen-bond acceptors (Lipinski definition) is 6. The van der Waals surface area contributed by atoms with E-state index in [0.717, 1.165) is 6.42 Å². The van der Waals surface area contributed by atoms with Gasteiger partial charge in [0, 0.05) is 37.6 Å². The van der Waals surface area contributed by atoms with Crippen molar-refractivity contribution in [2.45, 2.75) is 64.2 Å². The van der Waals surface area contributed by atoms with Gasteiger partial charge in [0.15, 0.2) is 0 Å². The number of likely N-dealkylation sites (tertiary alicyclic amines) is 1. The van der Waals surface area contributed by atoms with Crippen molar-refractivity contribution in [2.24, 2.45) is 40.2 Å². The van der Waals surface area contributed by atoms with E-state index < -0.39 is 64.6 Å². The zero-order valence-electron chi connectivity index (χ0n) is 21.5. The quantitative estimate of drug-likeness (QED) is 0.434. The van der Waals surface area contributed by atoms with E-state index in [1.165, 1.54) is 4.90 Å². The van der Waals surface area contributed by atoms with E-state index in [9.17, 15) is 37.6 Å². The summed E-state index contributed by atoms with van der Waals surface area (Å²) in [5, 5.41) is 14.9. The Morgan fingerprint density at radius 3 is 2.47 bits per heavy atom. The minimum atomic E-state index is -5.20. The molecule has 0 aromatic carbocycles. The highest BCUT2D eigenvalue weighted by molar-refractivity contribution is 5.94. The maximum Gasteiger partial charge on any atom is 0.471 e. The van der Waals surface area contributed by atoms with Crippen LogP contribution in [0, 0.1) is 45.8 Å². The van der Waals surface area contributed by atoms with Crippen molar-refractivity contribution in [3.05, 3.63) is 0 Å². The summed E-state index contributed by atoms with van der Waals surface area (Å²) in [6.45, 7) is 4.75. The molecule has 0 radical (unpaired) electrons. The Kier molecular flexibility index (Phi) is 7.42. The molecule has 4 aliphatic rings. The average molecular weight is 542 g/mol. The normalized spacial score (nSPS) is 32.4. The smallest absolute Gasteiger partial charge is 0.381 e. The summed E-state index contributed by atoms with van der Waals surface area (Å²) in [5.41, 5.74) is 4.20. The second-order valence-corrected chi connectivity index (χ2v) is 11.4. The third kappa shape index (κ3) is 4.50. The van der Waals surface area contributed by atoms with Gasteiger partial charge in [0.2, 0.25) is 17.7 Å². The summed E-state index contributed by atoms with van der Waals surface area (Å²) in [6, 6.07) is -0.520. The molecule has 0 aromatic heterocycles. The van der Waals surface area contributed by atoms with Crippen LogP contribution in [-0.4, -0.2) is 73.1 Å². The molecule has 6 atom stereocenters. The standard InChI is InChI=1S/C25H34F3N5O5/c1-23(2)16-12-33(21(36)17(13-5-8-38-9-6-13)32-22(37)25(26,27)28)18(19(30)34)24(16,23)15(11-29)10-14-4-3-7-31-20(14)35/h13-18H,3-10,12H2,1-2H3,(H2,30,34)(H,31,35)(H,32,37)/t14-,15+,16?,17-,18?,24?/m0/s1. The van der Waals surface area contributed by atoms with Gasteiger partial charge in [-0.2, -0.15) is 18.4 Å². The predicted molar refractivity (Wildman–Crippen MR) is 125 cm³/mol. The summed E-state index contributed by atoms with van der Waals surface area (Å²) in [6.07, 6.45) is -3.17. The third-order valence-electron chi connectivity index (χ3n) is 9.38. The molecule has 4 fully saturated rings. The molecule has 3 saturated heterocycles. The lowest BCUT2D eigenvalue weighted by Gasteiger charge is -2.40. The van der Waals surface area contributed by atoms with E-state index in [1.807, 2.05) is 19.2 Å². The minimum absolute atomic E-state index is 0.0100. The van der Waals surface area contributed by atoms with Crippen molar-refractivity contribution in [2.75, 3.05) is 26.3 Å². The zero-order valence-corrected chi connectivity index (χ0v) is 21.5. The lowest BCUT2D eigenvalue weighted by molar-refractivity contribution is -0.176. The molecule has 0 spiro atoms. The lowest BCUT2D eigenvalue weighted by Crippen LogP contribution is -2.61. The van der Waals surface area contributed by atoms with Gasteiger partial charge in [-0.15, -0.1) is 0 Å². The van der Waals surface area contributed by atoms with Crippen LogP contribution in [0.5, 0.6) is 0 Å². The second kappa shape index (κ2) is 10.0. The first-order chi connectivity index (χ1) is 17.8. The molecule has 1 saturated carbocycles. The Balaban J connectivity index is 1.66. The highest BCUT2D eigenvalue weighted by atomic mass is 19.4. The van der Waals surface area contributed by atoms with Crippen LogP contribution in [0.4, 0.5) is 13.2 Å². The Bertz CT molecular complexity index is 1040. The monoisotopic (exact) mass is 541 g/mol. The number of rotatable bonds is 7. The number of piperidine rings is 2. The van der Waals surface area contributed by atoms with Crippen molar-refractivity contribution < 1.29 is 37.1 Å². The number of ether oxygens (including phenoxy) is 1. The number of nitrogens with zero attached hydrogens (tertiary/aromatic N) is 2. The van der Waals surface area contributed by atoms with E-state index >= 15 is 0 Å². The van der Waals surface area contributed by atoms with Crippen molar-refractivity contribution in [1.29, 1.82) is 5.26 Å². The van der Waals surface area contributed by atoms with Gasteiger partial charge in [0.1, 0.15) is 12.1 Å². The highest BCUT2D eigenvalue weighted by Crippen LogP contribution is 2.78. The van der Waals surface area contributed by atoms with Crippen LogP contribution in [0.15, 0.2) is 0 Å². The van der Waals surface area contributed by atoms with Crippen LogP contribution in [0.3, 0.4) is 0 Å². The summed E-state index contributed by atoms with van der Waals surface area (Å²) >= 11 is 0. The highest BCUT2D eigenvalue weighted by Gasteiger charge is 2.83. The average Bonchev–Trinajstić information content (AvgIpc) is 3.14. The number of halogens is 3. The Hall–Kier alpha value is -2.88. The van der Waals surface area contributed by atoms with Crippen LogP contribution >= 0.6 is 0 Å². The number of fused-ring (bicyclic) bond motifs is 1. The van der Waals surface area contributed by atoms with Crippen LogP contribution in [0.25, 0.3) is 0 Å². The first-order valence-electron chi connectivity index (χ1n) is 13.0. The largest absolute Gasteiger partial charge is 0.471 e. The Labute approximate surface area is 218 Å². The van der Waals surface area contributed by atoms with Crippen molar-refractivity contribution >= 4 is 23.6 Å². The number of nitrogens with one attached hydrogen (secondary N) is 2. The summed E-state index contributed by atoms with van der Waals surface area (Å²) in [5.74, 6) is -6.29. The van der Waals surface area contributed by atoms with Crippen LogP contribution in [0.1, 0.15) is 46.0 Å². The topological polar surface area (TPSA) is 155 Å². The molecule has 38 heavy (non-hydrogen) atoms. The van der Waals surface area contributed by atoms with Gasteiger partial charge in [-0.25, -0.2) is 0 Å². The van der Waals surface area contributed by atoms with Gasteiger partial charge in [-0.3, -0.25) is 19.2 Å². The minimum Gasteiger partial charge on any atom is -0.381 e. The summed E-state index contributed by atoms with van der Waals surface area (Å²) < 4.78 is 44.7. The Morgan fingerprint density at radius 2 is 1.92 bits per heavy atom. The molecule has 4 N–H and O–H groups in total. The second-order valence-electron chi connectivity index (χ2n) is 11.4. The molecule has 1 aliphatic carbocycles. The maximum absolute atomic E-state index is 13.8. The summed E-state index contributed by atoms with van der Waals surface area (Å²) in [4.78, 5) is 52.3. The van der Waals surface area contributed by atoms with Gasteiger partial charge in [0.05, 0.1) is 12.0 Å². The van der Waals surface area contributed by atoms with Crippen LogP contribution < -0.4 is 16.4 Å². The van der Waals surface area contributed by atoms with Crippen molar-refractivity contribution in [3.8, 4) is 6.07 Å². The molecule has 4 rings (SSSR count). The number of carbonyl (C=O) groups is 4. The molecule has 3 aliphatic heterocycles. The molecule has 4 amide bonds. The van der Waals surface area contributed by atoms with Gasteiger partial charge in [-0.1, -0.05) is 13.8 Å².